The molecule has 11 heteroatoms. The summed E-state index contributed by atoms with van der Waals surface area (Å²) in [7, 11) is 0. The molecule has 2 amide bonds. The molecule has 4 rings (SSSR count). The molecule has 3 N–H and O–H groups in total. The summed E-state index contributed by atoms with van der Waals surface area (Å²) in [6, 6.07) is 12.7. The Labute approximate surface area is 230 Å². The second kappa shape index (κ2) is 11.3. The Hall–Kier alpha value is -3.22. The number of alkyl halides is 3. The Bertz CT molecular complexity index is 1310. The van der Waals surface area contributed by atoms with Crippen LogP contribution in [0, 0.1) is 15.3 Å². The van der Waals surface area contributed by atoms with Gasteiger partial charge in [0.1, 0.15) is 11.4 Å². The fraction of sp³-hybridized carbons (Fsp3) is 0.296. The molecule has 2 aromatic carbocycles. The highest BCUT2D eigenvalue weighted by Crippen LogP contribution is 2.38. The van der Waals surface area contributed by atoms with Crippen molar-refractivity contribution < 1.29 is 32.3 Å². The third kappa shape index (κ3) is 6.25. The van der Waals surface area contributed by atoms with E-state index in [0.29, 0.717) is 30.9 Å². The number of pyridine rings is 1. The maximum Gasteiger partial charge on any atom is 0.416 e. The van der Waals surface area contributed by atoms with E-state index < -0.39 is 47.1 Å². The first kappa shape index (κ1) is 27.8. The summed E-state index contributed by atoms with van der Waals surface area (Å²) in [5.41, 5.74) is -2.25. The number of hydrogen-bond donors (Lipinski definition) is 3. The van der Waals surface area contributed by atoms with Crippen molar-refractivity contribution in [2.45, 2.75) is 43.4 Å². The summed E-state index contributed by atoms with van der Waals surface area (Å²) in [6.45, 7) is 0. The predicted molar refractivity (Wildman–Crippen MR) is 140 cm³/mol. The number of amides is 2. The van der Waals surface area contributed by atoms with Crippen molar-refractivity contribution in [2.75, 3.05) is 0 Å². The molecule has 6 nitrogen and oxygen atoms in total. The lowest BCUT2D eigenvalue weighted by Gasteiger charge is -2.36. The molecule has 0 radical (unpaired) electrons. The third-order valence-electron chi connectivity index (χ3n) is 6.67. The molecule has 1 heterocycles. The minimum atomic E-state index is -4.84. The maximum atomic E-state index is 14.7. The normalized spacial score (nSPS) is 19.0. The standard InChI is InChI=1S/C27H24F4IN3O3/c28-19-12-17(11-18(13-19)27(29,30)31)26(14-16-5-2-1-3-6-16,23-10-9-20(32)15-33-23)35-25(38)34-22-8-4-7-21(22)24(36)37/h1-3,5-6,9-13,15,21-22H,4,7-8,14H2,(H,36,37)(H2,34,35,38)/t21-,22+,26-/m0/s1. The van der Waals surface area contributed by atoms with Gasteiger partial charge in [-0.1, -0.05) is 36.8 Å². The Balaban J connectivity index is 1.86. The van der Waals surface area contributed by atoms with Crippen molar-refractivity contribution in [2.24, 2.45) is 5.92 Å². The first-order valence-electron chi connectivity index (χ1n) is 11.8. The van der Waals surface area contributed by atoms with Gasteiger partial charge in [0, 0.05) is 22.2 Å². The number of aromatic nitrogens is 1. The van der Waals surface area contributed by atoms with Gasteiger partial charge in [0.05, 0.1) is 17.2 Å². The summed E-state index contributed by atoms with van der Waals surface area (Å²) in [4.78, 5) is 29.5. The van der Waals surface area contributed by atoms with E-state index in [4.69, 9.17) is 0 Å². The topological polar surface area (TPSA) is 91.3 Å². The van der Waals surface area contributed by atoms with Gasteiger partial charge in [0.2, 0.25) is 0 Å². The Morgan fingerprint density at radius 3 is 2.37 bits per heavy atom. The largest absolute Gasteiger partial charge is 0.481 e. The van der Waals surface area contributed by atoms with Crippen LogP contribution < -0.4 is 10.6 Å². The summed E-state index contributed by atoms with van der Waals surface area (Å²) < 4.78 is 56.6. The van der Waals surface area contributed by atoms with Crippen molar-refractivity contribution in [3.8, 4) is 0 Å². The summed E-state index contributed by atoms with van der Waals surface area (Å²) in [5.74, 6) is -2.95. The van der Waals surface area contributed by atoms with Gasteiger partial charge in [-0.2, -0.15) is 13.2 Å². The van der Waals surface area contributed by atoms with E-state index >= 15 is 0 Å². The minimum absolute atomic E-state index is 0.0529. The number of urea groups is 1. The zero-order valence-corrected chi connectivity index (χ0v) is 22.1. The third-order valence-corrected chi connectivity index (χ3v) is 7.31. The lowest BCUT2D eigenvalue weighted by Crippen LogP contribution is -2.55. The molecule has 1 saturated carbocycles. The van der Waals surface area contributed by atoms with Crippen LogP contribution in [-0.2, 0) is 22.9 Å². The number of rotatable bonds is 7. The number of carbonyl (C=O) groups excluding carboxylic acids is 1. The molecule has 0 saturated heterocycles. The molecule has 1 fully saturated rings. The molecular weight excluding hydrogens is 617 g/mol. The van der Waals surface area contributed by atoms with Crippen molar-refractivity contribution in [1.29, 1.82) is 0 Å². The molecule has 0 unspecified atom stereocenters. The summed E-state index contributed by atoms with van der Waals surface area (Å²) in [5, 5.41) is 15.0. The highest BCUT2D eigenvalue weighted by molar-refractivity contribution is 14.1. The van der Waals surface area contributed by atoms with Gasteiger partial charge in [-0.3, -0.25) is 9.78 Å². The van der Waals surface area contributed by atoms with Crippen LogP contribution >= 0.6 is 22.6 Å². The zero-order chi connectivity index (χ0) is 27.5. The predicted octanol–water partition coefficient (Wildman–Crippen LogP) is 5.88. The number of nitrogens with one attached hydrogen (secondary N) is 2. The van der Waals surface area contributed by atoms with Crippen LogP contribution in [0.5, 0.6) is 0 Å². The second-order valence-corrected chi connectivity index (χ2v) is 10.5. The van der Waals surface area contributed by atoms with E-state index in [2.05, 4.69) is 15.6 Å². The SMILES string of the molecule is O=C(N[C@@H]1CCC[C@@H]1C(=O)O)N[C@@](Cc1ccccc1)(c1cc(F)cc(C(F)(F)F)c1)c1ccc(I)cn1. The molecule has 1 aliphatic rings. The second-order valence-electron chi connectivity index (χ2n) is 9.24. The fourth-order valence-corrected chi connectivity index (χ4v) is 5.20. The monoisotopic (exact) mass is 641 g/mol. The van der Waals surface area contributed by atoms with Crippen LogP contribution in [-0.4, -0.2) is 28.1 Å². The maximum absolute atomic E-state index is 14.7. The van der Waals surface area contributed by atoms with E-state index in [1.807, 2.05) is 22.6 Å². The van der Waals surface area contributed by atoms with Gasteiger partial charge in [0.15, 0.2) is 0 Å². The van der Waals surface area contributed by atoms with Crippen molar-refractivity contribution >= 4 is 34.6 Å². The summed E-state index contributed by atoms with van der Waals surface area (Å²) >= 11 is 2.02. The zero-order valence-electron chi connectivity index (χ0n) is 19.9. The first-order valence-corrected chi connectivity index (χ1v) is 12.9. The highest BCUT2D eigenvalue weighted by atomic mass is 127. The number of carboxylic acids is 1. The number of carboxylic acid groups (broad SMARTS) is 1. The molecule has 200 valence electrons. The number of carbonyl (C=O) groups is 2. The smallest absolute Gasteiger partial charge is 0.416 e. The van der Waals surface area contributed by atoms with Crippen LogP contribution in [0.2, 0.25) is 0 Å². The molecule has 1 aliphatic carbocycles. The average molecular weight is 641 g/mol. The Morgan fingerprint density at radius 1 is 1.03 bits per heavy atom. The highest BCUT2D eigenvalue weighted by Gasteiger charge is 2.42. The quantitative estimate of drug-likeness (QED) is 0.222. The van der Waals surface area contributed by atoms with Gasteiger partial charge < -0.3 is 15.7 Å². The number of benzene rings is 2. The average Bonchev–Trinajstić information content (AvgIpc) is 3.32. The number of hydrogen-bond acceptors (Lipinski definition) is 3. The van der Waals surface area contributed by atoms with E-state index in [1.165, 1.54) is 6.20 Å². The van der Waals surface area contributed by atoms with Crippen LogP contribution in [0.25, 0.3) is 0 Å². The van der Waals surface area contributed by atoms with E-state index in [9.17, 15) is 32.3 Å². The molecule has 0 bridgehead atoms. The van der Waals surface area contributed by atoms with Crippen LogP contribution in [0.15, 0.2) is 66.9 Å². The van der Waals surface area contributed by atoms with Crippen LogP contribution in [0.4, 0.5) is 22.4 Å². The van der Waals surface area contributed by atoms with Gasteiger partial charge in [-0.05, 0) is 76.9 Å². The Kier molecular flexibility index (Phi) is 8.24. The molecule has 38 heavy (non-hydrogen) atoms. The molecule has 1 aromatic heterocycles. The van der Waals surface area contributed by atoms with E-state index in [1.54, 1.807) is 42.5 Å². The van der Waals surface area contributed by atoms with E-state index in [0.717, 1.165) is 15.7 Å². The molecular formula is C27H24F4IN3O3. The van der Waals surface area contributed by atoms with Crippen LogP contribution in [0.1, 0.15) is 41.6 Å². The van der Waals surface area contributed by atoms with Crippen molar-refractivity contribution in [3.63, 3.8) is 0 Å². The lowest BCUT2D eigenvalue weighted by molar-refractivity contribution is -0.142. The first-order chi connectivity index (χ1) is 18.0. The molecule has 0 spiro atoms. The molecule has 3 aromatic rings. The Morgan fingerprint density at radius 2 is 1.74 bits per heavy atom. The molecule has 0 aliphatic heterocycles. The summed E-state index contributed by atoms with van der Waals surface area (Å²) in [6.07, 6.45) is -1.95. The number of halogens is 5. The van der Waals surface area contributed by atoms with Crippen molar-refractivity contribution in [1.82, 2.24) is 15.6 Å². The van der Waals surface area contributed by atoms with Crippen LogP contribution in [0.3, 0.4) is 0 Å². The lowest BCUT2D eigenvalue weighted by atomic mass is 9.79. The van der Waals surface area contributed by atoms with Crippen molar-refractivity contribution in [3.05, 3.63) is 98.6 Å². The minimum Gasteiger partial charge on any atom is -0.481 e. The van der Waals surface area contributed by atoms with E-state index in [-0.39, 0.29) is 17.7 Å². The van der Waals surface area contributed by atoms with Gasteiger partial charge in [0.25, 0.3) is 0 Å². The van der Waals surface area contributed by atoms with Gasteiger partial charge >= 0.3 is 18.2 Å². The number of aliphatic carboxylic acids is 1. The number of nitrogens with zero attached hydrogens (tertiary/aromatic N) is 1. The van der Waals surface area contributed by atoms with Gasteiger partial charge in [-0.15, -0.1) is 0 Å². The molecule has 3 atom stereocenters. The van der Waals surface area contributed by atoms with Gasteiger partial charge in [-0.25, -0.2) is 9.18 Å². The fourth-order valence-electron chi connectivity index (χ4n) is 4.88.